The van der Waals surface area contributed by atoms with Gasteiger partial charge in [-0.3, -0.25) is 4.79 Å². The van der Waals surface area contributed by atoms with Crippen LogP contribution in [0.3, 0.4) is 0 Å². The van der Waals surface area contributed by atoms with Crippen molar-refractivity contribution in [3.8, 4) is 5.75 Å². The molecule has 2 heterocycles. The van der Waals surface area contributed by atoms with Crippen LogP contribution in [0.2, 0.25) is 0 Å². The molecule has 0 bridgehead atoms. The molecule has 4 aromatic rings. The Morgan fingerprint density at radius 1 is 1.24 bits per heavy atom. The average Bonchev–Trinajstić information content (AvgIpc) is 3.07. The minimum Gasteiger partial charge on any atom is -0.490 e. The van der Waals surface area contributed by atoms with Gasteiger partial charge in [-0.05, 0) is 65.7 Å². The third-order valence-corrected chi connectivity index (χ3v) is 5.35. The van der Waals surface area contributed by atoms with Gasteiger partial charge in [0.15, 0.2) is 4.96 Å². The topological polar surface area (TPSA) is 43.6 Å². The number of rotatable bonds is 3. The van der Waals surface area contributed by atoms with E-state index in [4.69, 9.17) is 4.74 Å². The maximum atomic E-state index is 12.8. The molecule has 4 nitrogen and oxygen atoms in total. The predicted octanol–water partition coefficient (Wildman–Crippen LogP) is 4.01. The lowest BCUT2D eigenvalue weighted by Gasteiger charge is -2.11. The molecule has 0 aliphatic carbocycles. The van der Waals surface area contributed by atoms with E-state index in [2.05, 4.69) is 20.9 Å². The van der Waals surface area contributed by atoms with Gasteiger partial charge in [-0.15, -0.1) is 0 Å². The molecular formula is C19H15BrN2O2S. The van der Waals surface area contributed by atoms with Gasteiger partial charge in [0.2, 0.25) is 0 Å². The molecule has 0 fully saturated rings. The summed E-state index contributed by atoms with van der Waals surface area (Å²) in [5, 5.41) is 0. The van der Waals surface area contributed by atoms with E-state index in [1.807, 2.05) is 62.4 Å². The van der Waals surface area contributed by atoms with Gasteiger partial charge in [0.1, 0.15) is 5.75 Å². The number of hydrogen-bond donors (Lipinski definition) is 0. The number of para-hydroxylation sites is 2. The van der Waals surface area contributed by atoms with Gasteiger partial charge in [0.05, 0.1) is 26.1 Å². The lowest BCUT2D eigenvalue weighted by molar-refractivity contribution is 0.241. The molecule has 0 N–H and O–H groups in total. The Kier molecular flexibility index (Phi) is 4.09. The molecule has 0 spiro atoms. The van der Waals surface area contributed by atoms with E-state index in [1.54, 1.807) is 4.40 Å². The summed E-state index contributed by atoms with van der Waals surface area (Å²) < 4.78 is 8.94. The zero-order valence-corrected chi connectivity index (χ0v) is 16.1. The Labute approximate surface area is 156 Å². The molecular weight excluding hydrogens is 400 g/mol. The van der Waals surface area contributed by atoms with Crippen molar-refractivity contribution in [3.05, 3.63) is 67.4 Å². The Morgan fingerprint density at radius 3 is 2.80 bits per heavy atom. The van der Waals surface area contributed by atoms with E-state index >= 15 is 0 Å². The van der Waals surface area contributed by atoms with Gasteiger partial charge in [-0.25, -0.2) is 9.38 Å². The molecule has 2 aromatic heterocycles. The molecule has 0 saturated carbocycles. The first-order valence-corrected chi connectivity index (χ1v) is 9.52. The summed E-state index contributed by atoms with van der Waals surface area (Å²) in [5.74, 6) is 0.793. The number of hydrogen-bond acceptors (Lipinski definition) is 4. The zero-order chi connectivity index (χ0) is 17.6. The fraction of sp³-hybridized carbons (Fsp3) is 0.158. The third kappa shape index (κ3) is 2.96. The molecule has 0 atom stereocenters. The Hall–Kier alpha value is -2.18. The van der Waals surface area contributed by atoms with Crippen LogP contribution >= 0.6 is 27.3 Å². The molecule has 25 heavy (non-hydrogen) atoms. The number of ether oxygens (including phenoxy) is 1. The van der Waals surface area contributed by atoms with Crippen molar-refractivity contribution >= 4 is 49.3 Å². The van der Waals surface area contributed by atoms with E-state index in [0.717, 1.165) is 31.8 Å². The average molecular weight is 415 g/mol. The predicted molar refractivity (Wildman–Crippen MR) is 106 cm³/mol. The lowest BCUT2D eigenvalue weighted by Crippen LogP contribution is -2.22. The molecule has 0 aliphatic heterocycles. The number of aromatic nitrogens is 2. The summed E-state index contributed by atoms with van der Waals surface area (Å²) in [4.78, 5) is 18.0. The summed E-state index contributed by atoms with van der Waals surface area (Å²) in [5.41, 5.74) is 2.59. The molecule has 2 aromatic carbocycles. The maximum absolute atomic E-state index is 12.8. The van der Waals surface area contributed by atoms with Gasteiger partial charge < -0.3 is 4.74 Å². The van der Waals surface area contributed by atoms with Crippen LogP contribution < -0.4 is 14.8 Å². The fourth-order valence-electron chi connectivity index (χ4n) is 2.72. The molecule has 6 heteroatoms. The highest BCUT2D eigenvalue weighted by Crippen LogP contribution is 2.27. The second kappa shape index (κ2) is 6.28. The van der Waals surface area contributed by atoms with Crippen molar-refractivity contribution in [2.24, 2.45) is 0 Å². The quantitative estimate of drug-likeness (QED) is 0.508. The van der Waals surface area contributed by atoms with Crippen molar-refractivity contribution in [1.29, 1.82) is 0 Å². The Balaban J connectivity index is 1.83. The van der Waals surface area contributed by atoms with Gasteiger partial charge in [0.25, 0.3) is 5.56 Å². The normalized spacial score (nSPS) is 12.6. The number of benzene rings is 2. The molecule has 0 saturated heterocycles. The highest BCUT2D eigenvalue weighted by Gasteiger charge is 2.11. The number of fused-ring (bicyclic) bond motifs is 3. The van der Waals surface area contributed by atoms with E-state index in [9.17, 15) is 4.79 Å². The van der Waals surface area contributed by atoms with Crippen LogP contribution in [-0.2, 0) is 0 Å². The van der Waals surface area contributed by atoms with Crippen molar-refractivity contribution in [1.82, 2.24) is 9.38 Å². The number of thiazole rings is 1. The Bertz CT molecular complexity index is 1190. The first kappa shape index (κ1) is 16.3. The SMILES string of the molecule is CC(C)Oc1ccc(/C=c2\sc3nc4ccccc4n3c2=O)cc1Br. The maximum Gasteiger partial charge on any atom is 0.274 e. The third-order valence-electron chi connectivity index (χ3n) is 3.76. The molecule has 0 unspecified atom stereocenters. The fourth-order valence-corrected chi connectivity index (χ4v) is 4.20. The molecule has 0 aliphatic rings. The summed E-state index contributed by atoms with van der Waals surface area (Å²) in [6.45, 7) is 3.98. The molecule has 0 radical (unpaired) electrons. The van der Waals surface area contributed by atoms with E-state index in [-0.39, 0.29) is 11.7 Å². The van der Waals surface area contributed by atoms with Crippen LogP contribution in [0.25, 0.3) is 22.1 Å². The first-order valence-electron chi connectivity index (χ1n) is 7.91. The van der Waals surface area contributed by atoms with Gasteiger partial charge in [0, 0.05) is 0 Å². The molecule has 4 rings (SSSR count). The Morgan fingerprint density at radius 2 is 2.04 bits per heavy atom. The highest BCUT2D eigenvalue weighted by atomic mass is 79.9. The zero-order valence-electron chi connectivity index (χ0n) is 13.7. The molecule has 0 amide bonds. The van der Waals surface area contributed by atoms with Gasteiger partial charge in [-0.1, -0.05) is 29.5 Å². The highest BCUT2D eigenvalue weighted by molar-refractivity contribution is 9.10. The smallest absolute Gasteiger partial charge is 0.274 e. The van der Waals surface area contributed by atoms with E-state index < -0.39 is 0 Å². The van der Waals surface area contributed by atoms with Crippen molar-refractivity contribution in [3.63, 3.8) is 0 Å². The summed E-state index contributed by atoms with van der Waals surface area (Å²) in [6, 6.07) is 13.5. The van der Waals surface area contributed by atoms with Crippen LogP contribution in [0.5, 0.6) is 5.75 Å². The molecule has 126 valence electrons. The number of imidazole rings is 1. The largest absolute Gasteiger partial charge is 0.490 e. The van der Waals surface area contributed by atoms with E-state index in [0.29, 0.717) is 4.53 Å². The minimum absolute atomic E-state index is 0.0349. The number of halogens is 1. The van der Waals surface area contributed by atoms with Crippen LogP contribution in [0, 0.1) is 0 Å². The minimum atomic E-state index is -0.0349. The first-order chi connectivity index (χ1) is 12.0. The van der Waals surface area contributed by atoms with Crippen LogP contribution in [-0.4, -0.2) is 15.5 Å². The second-order valence-electron chi connectivity index (χ2n) is 5.99. The summed E-state index contributed by atoms with van der Waals surface area (Å²) >= 11 is 4.93. The van der Waals surface area contributed by atoms with E-state index in [1.165, 1.54) is 11.3 Å². The van der Waals surface area contributed by atoms with Crippen molar-refractivity contribution in [2.45, 2.75) is 20.0 Å². The van der Waals surface area contributed by atoms with Crippen LogP contribution in [0.4, 0.5) is 0 Å². The second-order valence-corrected chi connectivity index (χ2v) is 7.85. The van der Waals surface area contributed by atoms with Gasteiger partial charge >= 0.3 is 0 Å². The van der Waals surface area contributed by atoms with Crippen molar-refractivity contribution < 1.29 is 4.74 Å². The van der Waals surface area contributed by atoms with Crippen LogP contribution in [0.15, 0.2) is 51.7 Å². The van der Waals surface area contributed by atoms with Gasteiger partial charge in [-0.2, -0.15) is 0 Å². The monoisotopic (exact) mass is 414 g/mol. The standard InChI is InChI=1S/C19H15BrN2O2S/c1-11(2)24-16-8-7-12(9-13(16)20)10-17-18(23)22-15-6-4-3-5-14(15)21-19(22)25-17/h3-11H,1-2H3/b17-10-. The summed E-state index contributed by atoms with van der Waals surface area (Å²) in [7, 11) is 0. The van der Waals surface area contributed by atoms with Crippen molar-refractivity contribution in [2.75, 3.05) is 0 Å². The number of nitrogens with zero attached hydrogens (tertiary/aromatic N) is 2. The van der Waals surface area contributed by atoms with Crippen LogP contribution in [0.1, 0.15) is 19.4 Å². The summed E-state index contributed by atoms with van der Waals surface area (Å²) in [6.07, 6.45) is 2.00. The lowest BCUT2D eigenvalue weighted by atomic mass is 10.2.